The number of hydrogen-bond acceptors (Lipinski definition) is 2. The highest BCUT2D eigenvalue weighted by Gasteiger charge is 2.31. The van der Waals surface area contributed by atoms with E-state index in [0.29, 0.717) is 6.61 Å². The van der Waals surface area contributed by atoms with Crippen molar-refractivity contribution >= 4 is 0 Å². The second-order valence-corrected chi connectivity index (χ2v) is 5.51. The third kappa shape index (κ3) is 2.88. The van der Waals surface area contributed by atoms with Crippen molar-refractivity contribution in [2.24, 2.45) is 5.41 Å². The van der Waals surface area contributed by atoms with Crippen molar-refractivity contribution in [1.82, 2.24) is 5.32 Å². The lowest BCUT2D eigenvalue weighted by Gasteiger charge is -2.36. The van der Waals surface area contributed by atoms with Gasteiger partial charge in [-0.3, -0.25) is 0 Å². The average Bonchev–Trinajstić information content (AvgIpc) is 2.35. The molecule has 0 radical (unpaired) electrons. The molecule has 1 aliphatic rings. The van der Waals surface area contributed by atoms with Gasteiger partial charge in [0.15, 0.2) is 0 Å². The molecule has 17 heavy (non-hydrogen) atoms. The van der Waals surface area contributed by atoms with Crippen LogP contribution < -0.4 is 5.32 Å². The molecule has 1 aromatic rings. The molecule has 2 N–H and O–H groups in total. The summed E-state index contributed by atoms with van der Waals surface area (Å²) in [5.41, 5.74) is 4.17. The number of nitrogens with one attached hydrogen (secondary N) is 1. The van der Waals surface area contributed by atoms with Crippen molar-refractivity contribution in [3.05, 3.63) is 34.9 Å². The van der Waals surface area contributed by atoms with Crippen LogP contribution in [0.5, 0.6) is 0 Å². The average molecular weight is 233 g/mol. The molecule has 2 nitrogen and oxygen atoms in total. The van der Waals surface area contributed by atoms with Crippen LogP contribution in [0.25, 0.3) is 0 Å². The second kappa shape index (κ2) is 5.19. The zero-order chi connectivity index (χ0) is 12.3. The molecule has 0 bridgehead atoms. The number of hydrogen-bond donors (Lipinski definition) is 2. The van der Waals surface area contributed by atoms with E-state index in [4.69, 9.17) is 0 Å². The van der Waals surface area contributed by atoms with Crippen LogP contribution in [-0.4, -0.2) is 24.8 Å². The van der Waals surface area contributed by atoms with Gasteiger partial charge in [0.1, 0.15) is 0 Å². The topological polar surface area (TPSA) is 32.3 Å². The van der Waals surface area contributed by atoms with Crippen molar-refractivity contribution in [1.29, 1.82) is 0 Å². The van der Waals surface area contributed by atoms with E-state index in [0.717, 1.165) is 32.4 Å². The quantitative estimate of drug-likeness (QED) is 0.839. The van der Waals surface area contributed by atoms with Gasteiger partial charge in [-0.25, -0.2) is 0 Å². The molecule has 2 heteroatoms. The SMILES string of the molecule is Cc1ccc(C)c(CC2(CO)CCNCC2)c1. The highest BCUT2D eigenvalue weighted by atomic mass is 16.3. The lowest BCUT2D eigenvalue weighted by Crippen LogP contribution is -2.40. The summed E-state index contributed by atoms with van der Waals surface area (Å²) in [4.78, 5) is 0. The van der Waals surface area contributed by atoms with E-state index in [1.807, 2.05) is 0 Å². The summed E-state index contributed by atoms with van der Waals surface area (Å²) in [7, 11) is 0. The molecule has 1 aliphatic heterocycles. The summed E-state index contributed by atoms with van der Waals surface area (Å²) in [5.74, 6) is 0. The first-order chi connectivity index (χ1) is 8.15. The molecule has 0 saturated carbocycles. The minimum Gasteiger partial charge on any atom is -0.396 e. The maximum absolute atomic E-state index is 9.74. The number of aliphatic hydroxyl groups is 1. The van der Waals surface area contributed by atoms with Gasteiger partial charge >= 0.3 is 0 Å². The predicted molar refractivity (Wildman–Crippen MR) is 71.2 cm³/mol. The van der Waals surface area contributed by atoms with E-state index in [-0.39, 0.29) is 5.41 Å². The molecule has 1 heterocycles. The van der Waals surface area contributed by atoms with Crippen molar-refractivity contribution in [3.63, 3.8) is 0 Å². The standard InChI is InChI=1S/C15H23NO/c1-12-3-4-13(2)14(9-12)10-15(11-17)5-7-16-8-6-15/h3-4,9,16-17H,5-8,10-11H2,1-2H3. The zero-order valence-corrected chi connectivity index (χ0v) is 10.9. The smallest absolute Gasteiger partial charge is 0.0491 e. The molecule has 0 unspecified atom stereocenters. The van der Waals surface area contributed by atoms with E-state index in [1.165, 1.54) is 16.7 Å². The van der Waals surface area contributed by atoms with Crippen molar-refractivity contribution < 1.29 is 5.11 Å². The third-order valence-corrected chi connectivity index (χ3v) is 4.07. The van der Waals surface area contributed by atoms with Gasteiger partial charge in [-0.1, -0.05) is 23.8 Å². The first kappa shape index (κ1) is 12.6. The van der Waals surface area contributed by atoms with Crippen LogP contribution in [0.4, 0.5) is 0 Å². The van der Waals surface area contributed by atoms with Gasteiger partial charge in [0.25, 0.3) is 0 Å². The van der Waals surface area contributed by atoms with E-state index >= 15 is 0 Å². The number of aliphatic hydroxyl groups excluding tert-OH is 1. The zero-order valence-electron chi connectivity index (χ0n) is 10.9. The summed E-state index contributed by atoms with van der Waals surface area (Å²) in [6.07, 6.45) is 3.17. The lowest BCUT2D eigenvalue weighted by atomic mass is 9.74. The minimum absolute atomic E-state index is 0.101. The number of benzene rings is 1. The molecule has 2 rings (SSSR count). The van der Waals surface area contributed by atoms with E-state index in [1.54, 1.807) is 0 Å². The minimum atomic E-state index is 0.101. The fraction of sp³-hybridized carbons (Fsp3) is 0.600. The Balaban J connectivity index is 2.20. The Labute approximate surface area is 104 Å². The summed E-state index contributed by atoms with van der Waals surface area (Å²) in [5, 5.41) is 13.1. The molecule has 0 aliphatic carbocycles. The molecule has 0 atom stereocenters. The predicted octanol–water partition coefficient (Wildman–Crippen LogP) is 2.21. The van der Waals surface area contributed by atoms with E-state index < -0.39 is 0 Å². The first-order valence-electron chi connectivity index (χ1n) is 6.53. The molecule has 0 aromatic heterocycles. The van der Waals surface area contributed by atoms with Gasteiger partial charge in [0, 0.05) is 6.61 Å². The number of rotatable bonds is 3. The Bertz CT molecular complexity index is 381. The molecule has 0 spiro atoms. The molecule has 94 valence electrons. The molecular weight excluding hydrogens is 210 g/mol. The summed E-state index contributed by atoms with van der Waals surface area (Å²) < 4.78 is 0. The third-order valence-electron chi connectivity index (χ3n) is 4.07. The summed E-state index contributed by atoms with van der Waals surface area (Å²) in [6.45, 7) is 6.68. The highest BCUT2D eigenvalue weighted by Crippen LogP contribution is 2.33. The molecule has 1 aromatic carbocycles. The van der Waals surface area contributed by atoms with Crippen LogP contribution in [0.2, 0.25) is 0 Å². The van der Waals surface area contributed by atoms with Gasteiger partial charge < -0.3 is 10.4 Å². The van der Waals surface area contributed by atoms with Crippen molar-refractivity contribution in [2.75, 3.05) is 19.7 Å². The lowest BCUT2D eigenvalue weighted by molar-refractivity contribution is 0.0891. The monoisotopic (exact) mass is 233 g/mol. The normalized spacial score (nSPS) is 19.2. The summed E-state index contributed by atoms with van der Waals surface area (Å²) in [6, 6.07) is 6.62. The Kier molecular flexibility index (Phi) is 3.85. The maximum atomic E-state index is 9.74. The largest absolute Gasteiger partial charge is 0.396 e. The van der Waals surface area contributed by atoms with Gasteiger partial charge in [0.05, 0.1) is 0 Å². The first-order valence-corrected chi connectivity index (χ1v) is 6.53. The molecule has 0 amide bonds. The van der Waals surface area contributed by atoms with Gasteiger partial charge in [-0.15, -0.1) is 0 Å². The van der Waals surface area contributed by atoms with Crippen LogP contribution in [0.1, 0.15) is 29.5 Å². The molecule has 1 saturated heterocycles. The Morgan fingerprint density at radius 1 is 1.24 bits per heavy atom. The molecular formula is C15H23NO. The van der Waals surface area contributed by atoms with Crippen LogP contribution in [0.15, 0.2) is 18.2 Å². The molecule has 1 fully saturated rings. The maximum Gasteiger partial charge on any atom is 0.0491 e. The van der Waals surface area contributed by atoms with Crippen LogP contribution >= 0.6 is 0 Å². The summed E-state index contributed by atoms with van der Waals surface area (Å²) >= 11 is 0. The van der Waals surface area contributed by atoms with Gasteiger partial charge in [-0.2, -0.15) is 0 Å². The van der Waals surface area contributed by atoms with E-state index in [2.05, 4.69) is 37.4 Å². The van der Waals surface area contributed by atoms with E-state index in [9.17, 15) is 5.11 Å². The van der Waals surface area contributed by atoms with Crippen molar-refractivity contribution in [2.45, 2.75) is 33.1 Å². The van der Waals surface area contributed by atoms with Crippen molar-refractivity contribution in [3.8, 4) is 0 Å². The Morgan fingerprint density at radius 2 is 1.94 bits per heavy atom. The second-order valence-electron chi connectivity index (χ2n) is 5.51. The van der Waals surface area contributed by atoms with Gasteiger partial charge in [0.2, 0.25) is 0 Å². The fourth-order valence-corrected chi connectivity index (χ4v) is 2.74. The Hall–Kier alpha value is -0.860. The Morgan fingerprint density at radius 3 is 2.59 bits per heavy atom. The van der Waals surface area contributed by atoms with Crippen LogP contribution in [-0.2, 0) is 6.42 Å². The van der Waals surface area contributed by atoms with Gasteiger partial charge in [-0.05, 0) is 62.7 Å². The fourth-order valence-electron chi connectivity index (χ4n) is 2.74. The number of piperidine rings is 1. The van der Waals surface area contributed by atoms with Crippen LogP contribution in [0.3, 0.4) is 0 Å². The highest BCUT2D eigenvalue weighted by molar-refractivity contribution is 5.31. The number of aryl methyl sites for hydroxylation is 2. The van der Waals surface area contributed by atoms with Crippen LogP contribution in [0, 0.1) is 19.3 Å².